The number of likely N-dealkylation sites (N-methyl/N-ethyl adjacent to an activating group) is 1. The lowest BCUT2D eigenvalue weighted by atomic mass is 10.0. The van der Waals surface area contributed by atoms with Crippen molar-refractivity contribution >= 4 is 12.0 Å². The molecule has 0 aliphatic heterocycles. The first-order valence-electron chi connectivity index (χ1n) is 8.08. The zero-order valence-corrected chi connectivity index (χ0v) is 14.0. The van der Waals surface area contributed by atoms with Gasteiger partial charge in [-0.05, 0) is 54.8 Å². The number of carbonyl (C=O) groups excluding carboxylic acids is 1. The molecule has 1 amide bonds. The van der Waals surface area contributed by atoms with Gasteiger partial charge in [-0.2, -0.15) is 5.26 Å². The van der Waals surface area contributed by atoms with Crippen LogP contribution >= 0.6 is 0 Å². The van der Waals surface area contributed by atoms with Gasteiger partial charge in [-0.1, -0.05) is 19.1 Å². The predicted octanol–water partition coefficient (Wildman–Crippen LogP) is 3.97. The molecule has 0 saturated heterocycles. The Morgan fingerprint density at radius 3 is 2.67 bits per heavy atom. The van der Waals surface area contributed by atoms with Gasteiger partial charge >= 0.3 is 0 Å². The van der Waals surface area contributed by atoms with Crippen molar-refractivity contribution in [2.24, 2.45) is 0 Å². The number of carbonyl (C=O) groups is 1. The van der Waals surface area contributed by atoms with Crippen molar-refractivity contribution in [2.75, 3.05) is 6.54 Å². The normalized spacial score (nSPS) is 11.9. The quantitative estimate of drug-likeness (QED) is 0.757. The van der Waals surface area contributed by atoms with Crippen LogP contribution in [0.2, 0.25) is 0 Å². The third-order valence-corrected chi connectivity index (χ3v) is 3.91. The van der Waals surface area contributed by atoms with Crippen molar-refractivity contribution in [3.63, 3.8) is 0 Å². The number of rotatable bonds is 6. The smallest absolute Gasteiger partial charge is 0.247 e. The molecule has 0 radical (unpaired) electrons. The fourth-order valence-corrected chi connectivity index (χ4v) is 2.73. The van der Waals surface area contributed by atoms with E-state index in [-0.39, 0.29) is 11.9 Å². The second-order valence-corrected chi connectivity index (χ2v) is 5.40. The average Bonchev–Trinajstić information content (AvgIpc) is 2.64. The minimum atomic E-state index is -0.0384. The summed E-state index contributed by atoms with van der Waals surface area (Å²) < 4.78 is 0. The van der Waals surface area contributed by atoms with Crippen LogP contribution in [0, 0.1) is 11.3 Å². The summed E-state index contributed by atoms with van der Waals surface area (Å²) in [4.78, 5) is 18.5. The van der Waals surface area contributed by atoms with E-state index in [4.69, 9.17) is 5.26 Å². The van der Waals surface area contributed by atoms with Crippen molar-refractivity contribution < 1.29 is 4.79 Å². The first-order valence-corrected chi connectivity index (χ1v) is 8.08. The summed E-state index contributed by atoms with van der Waals surface area (Å²) in [7, 11) is 0. The van der Waals surface area contributed by atoms with E-state index in [1.165, 1.54) is 0 Å². The Balaban J connectivity index is 2.18. The molecule has 122 valence electrons. The van der Waals surface area contributed by atoms with E-state index in [1.807, 2.05) is 36.1 Å². The lowest BCUT2D eigenvalue weighted by Crippen LogP contribution is -2.33. The Hall–Kier alpha value is -2.93. The van der Waals surface area contributed by atoms with Crippen molar-refractivity contribution in [1.29, 1.82) is 5.26 Å². The zero-order valence-electron chi connectivity index (χ0n) is 14.0. The predicted molar refractivity (Wildman–Crippen MR) is 94.8 cm³/mol. The van der Waals surface area contributed by atoms with E-state index >= 15 is 0 Å². The maximum atomic E-state index is 12.6. The van der Waals surface area contributed by atoms with Crippen molar-refractivity contribution in [3.8, 4) is 6.07 Å². The molecule has 0 N–H and O–H groups in total. The van der Waals surface area contributed by atoms with Gasteiger partial charge in [0.05, 0.1) is 17.7 Å². The van der Waals surface area contributed by atoms with Gasteiger partial charge in [0, 0.05) is 25.0 Å². The van der Waals surface area contributed by atoms with Crippen LogP contribution in [-0.2, 0) is 4.79 Å². The number of nitriles is 1. The molecule has 1 atom stereocenters. The molecule has 0 fully saturated rings. The Morgan fingerprint density at radius 1 is 1.29 bits per heavy atom. The minimum Gasteiger partial charge on any atom is -0.332 e. The van der Waals surface area contributed by atoms with E-state index in [0.717, 1.165) is 17.5 Å². The number of hydrogen-bond acceptors (Lipinski definition) is 3. The van der Waals surface area contributed by atoms with Gasteiger partial charge in [0.2, 0.25) is 5.91 Å². The van der Waals surface area contributed by atoms with Gasteiger partial charge in [0.25, 0.3) is 0 Å². The van der Waals surface area contributed by atoms with Gasteiger partial charge in [-0.3, -0.25) is 9.78 Å². The number of aromatic nitrogens is 1. The molecule has 4 heteroatoms. The monoisotopic (exact) mass is 319 g/mol. The average molecular weight is 319 g/mol. The summed E-state index contributed by atoms with van der Waals surface area (Å²) in [5, 5.41) is 8.94. The molecule has 0 unspecified atom stereocenters. The number of benzene rings is 1. The molecule has 0 aliphatic carbocycles. The third kappa shape index (κ3) is 4.30. The maximum absolute atomic E-state index is 12.6. The van der Waals surface area contributed by atoms with Crippen LogP contribution < -0.4 is 0 Å². The number of hydrogen-bond donors (Lipinski definition) is 0. The van der Waals surface area contributed by atoms with Crippen molar-refractivity contribution in [3.05, 3.63) is 71.6 Å². The fraction of sp³-hybridized carbons (Fsp3) is 0.250. The molecule has 1 aromatic carbocycles. The fourth-order valence-electron chi connectivity index (χ4n) is 2.73. The SMILES string of the molecule is CC[C@@H](c1ccncc1)N(CC)C(=O)/C=C/c1cccc(C#N)c1. The Kier molecular flexibility index (Phi) is 6.27. The molecule has 2 aromatic rings. The lowest BCUT2D eigenvalue weighted by Gasteiger charge is -2.29. The largest absolute Gasteiger partial charge is 0.332 e. The van der Waals surface area contributed by atoms with E-state index in [9.17, 15) is 4.79 Å². The van der Waals surface area contributed by atoms with Crippen LogP contribution in [0.15, 0.2) is 54.9 Å². The van der Waals surface area contributed by atoms with Crippen LogP contribution in [0.3, 0.4) is 0 Å². The second-order valence-electron chi connectivity index (χ2n) is 5.40. The van der Waals surface area contributed by atoms with Gasteiger partial charge < -0.3 is 4.90 Å². The van der Waals surface area contributed by atoms with Crippen molar-refractivity contribution in [2.45, 2.75) is 26.3 Å². The third-order valence-electron chi connectivity index (χ3n) is 3.91. The summed E-state index contributed by atoms with van der Waals surface area (Å²) in [5.74, 6) is -0.0384. The first-order chi connectivity index (χ1) is 11.7. The van der Waals surface area contributed by atoms with Crippen molar-refractivity contribution in [1.82, 2.24) is 9.88 Å². The van der Waals surface area contributed by atoms with Gasteiger partial charge in [-0.15, -0.1) is 0 Å². The minimum absolute atomic E-state index is 0.0283. The summed E-state index contributed by atoms with van der Waals surface area (Å²) >= 11 is 0. The molecular weight excluding hydrogens is 298 g/mol. The van der Waals surface area contributed by atoms with Gasteiger partial charge in [-0.25, -0.2) is 0 Å². The highest BCUT2D eigenvalue weighted by atomic mass is 16.2. The number of pyridine rings is 1. The highest BCUT2D eigenvalue weighted by Crippen LogP contribution is 2.24. The standard InChI is InChI=1S/C20H21N3O/c1-3-19(18-10-12-22-13-11-18)23(4-2)20(24)9-8-16-6-5-7-17(14-16)15-21/h5-14,19H,3-4H2,1-2H3/b9-8+/t19-/m0/s1. The first kappa shape index (κ1) is 17.4. The van der Waals surface area contributed by atoms with Crippen LogP contribution in [0.25, 0.3) is 6.08 Å². The Morgan fingerprint density at radius 2 is 2.04 bits per heavy atom. The molecule has 2 rings (SSSR count). The molecule has 1 aromatic heterocycles. The summed E-state index contributed by atoms with van der Waals surface area (Å²) in [5.41, 5.74) is 2.51. The maximum Gasteiger partial charge on any atom is 0.247 e. The van der Waals surface area contributed by atoms with Crippen LogP contribution in [0.1, 0.15) is 43.0 Å². The summed E-state index contributed by atoms with van der Waals surface area (Å²) in [6.07, 6.45) is 7.66. The second kappa shape index (κ2) is 8.64. The van der Waals surface area contributed by atoms with E-state index < -0.39 is 0 Å². The van der Waals surface area contributed by atoms with Crippen LogP contribution in [0.5, 0.6) is 0 Å². The topological polar surface area (TPSA) is 57.0 Å². The van der Waals surface area contributed by atoms with Gasteiger partial charge in [0.1, 0.15) is 0 Å². The molecule has 1 heterocycles. The number of nitrogens with zero attached hydrogens (tertiary/aromatic N) is 3. The lowest BCUT2D eigenvalue weighted by molar-refractivity contribution is -0.128. The molecule has 0 bridgehead atoms. The summed E-state index contributed by atoms with van der Waals surface area (Å²) in [6, 6.07) is 13.2. The summed E-state index contributed by atoms with van der Waals surface area (Å²) in [6.45, 7) is 4.68. The molecule has 4 nitrogen and oxygen atoms in total. The van der Waals surface area contributed by atoms with E-state index in [2.05, 4.69) is 18.0 Å². The van der Waals surface area contributed by atoms with Crippen LogP contribution in [-0.4, -0.2) is 22.3 Å². The Bertz CT molecular complexity index is 747. The molecule has 0 spiro atoms. The zero-order chi connectivity index (χ0) is 17.4. The highest BCUT2D eigenvalue weighted by Gasteiger charge is 2.20. The highest BCUT2D eigenvalue weighted by molar-refractivity contribution is 5.92. The molecular formula is C20H21N3O. The van der Waals surface area contributed by atoms with E-state index in [1.54, 1.807) is 36.7 Å². The van der Waals surface area contributed by atoms with Crippen LogP contribution in [0.4, 0.5) is 0 Å². The van der Waals surface area contributed by atoms with Gasteiger partial charge in [0.15, 0.2) is 0 Å². The number of amides is 1. The molecule has 0 saturated carbocycles. The van der Waals surface area contributed by atoms with E-state index in [0.29, 0.717) is 12.1 Å². The molecule has 24 heavy (non-hydrogen) atoms. The Labute approximate surface area is 143 Å². The molecule has 0 aliphatic rings.